The molecule has 0 aromatic heterocycles. The zero-order valence-corrected chi connectivity index (χ0v) is 11.1. The Bertz CT molecular complexity index is 727. The second-order valence-corrected chi connectivity index (χ2v) is 4.46. The van der Waals surface area contributed by atoms with Crippen LogP contribution in [0, 0.1) is 5.41 Å². The third-order valence-electron chi connectivity index (χ3n) is 2.92. The Morgan fingerprint density at radius 1 is 1.18 bits per heavy atom. The minimum atomic E-state index is -4.45. The van der Waals surface area contributed by atoms with Crippen LogP contribution < -0.4 is 5.32 Å². The van der Waals surface area contributed by atoms with Gasteiger partial charge in [0.25, 0.3) is 0 Å². The van der Waals surface area contributed by atoms with Gasteiger partial charge in [0.15, 0.2) is 0 Å². The van der Waals surface area contributed by atoms with E-state index in [1.54, 1.807) is 0 Å². The van der Waals surface area contributed by atoms with Crippen LogP contribution in [0.1, 0.15) is 21.5 Å². The molecule has 0 fully saturated rings. The SMILES string of the molecule is N=Cc1cc(C(=O)O)ccc1Nc1cccc(C(F)(F)F)c1. The van der Waals surface area contributed by atoms with Gasteiger partial charge in [-0.15, -0.1) is 0 Å². The molecule has 4 nitrogen and oxygen atoms in total. The first-order valence-electron chi connectivity index (χ1n) is 6.13. The first-order valence-corrected chi connectivity index (χ1v) is 6.13. The standard InChI is InChI=1S/C15H11F3N2O2/c16-15(17,18)11-2-1-3-12(7-11)20-13-5-4-9(14(21)22)6-10(13)8-19/h1-8,19-20H,(H,21,22). The fourth-order valence-corrected chi connectivity index (χ4v) is 1.86. The van der Waals surface area contributed by atoms with Crippen molar-refractivity contribution >= 4 is 23.6 Å². The van der Waals surface area contributed by atoms with Crippen LogP contribution in [0.25, 0.3) is 0 Å². The van der Waals surface area contributed by atoms with Gasteiger partial charge in [-0.25, -0.2) is 4.79 Å². The van der Waals surface area contributed by atoms with Crippen molar-refractivity contribution in [2.24, 2.45) is 0 Å². The molecule has 0 amide bonds. The molecule has 0 aliphatic heterocycles. The summed E-state index contributed by atoms with van der Waals surface area (Å²) in [7, 11) is 0. The number of anilines is 2. The van der Waals surface area contributed by atoms with Crippen molar-refractivity contribution in [3.05, 3.63) is 59.2 Å². The van der Waals surface area contributed by atoms with Gasteiger partial charge < -0.3 is 15.8 Å². The number of aromatic carboxylic acids is 1. The van der Waals surface area contributed by atoms with Crippen molar-refractivity contribution in [3.8, 4) is 0 Å². The van der Waals surface area contributed by atoms with Gasteiger partial charge in [0.05, 0.1) is 11.1 Å². The Hall–Kier alpha value is -2.83. The van der Waals surface area contributed by atoms with Gasteiger partial charge in [0.2, 0.25) is 0 Å². The number of rotatable bonds is 4. The summed E-state index contributed by atoms with van der Waals surface area (Å²) in [5, 5.41) is 18.9. The van der Waals surface area contributed by atoms with Crippen molar-refractivity contribution in [2.45, 2.75) is 6.18 Å². The van der Waals surface area contributed by atoms with Gasteiger partial charge in [-0.3, -0.25) is 0 Å². The number of benzene rings is 2. The average Bonchev–Trinajstić information content (AvgIpc) is 2.47. The Morgan fingerprint density at radius 2 is 1.91 bits per heavy atom. The van der Waals surface area contributed by atoms with Crippen LogP contribution in [0.3, 0.4) is 0 Å². The van der Waals surface area contributed by atoms with Crippen molar-refractivity contribution in [3.63, 3.8) is 0 Å². The first-order chi connectivity index (χ1) is 10.3. The molecule has 0 unspecified atom stereocenters. The fraction of sp³-hybridized carbons (Fsp3) is 0.0667. The molecule has 7 heteroatoms. The van der Waals surface area contributed by atoms with Crippen molar-refractivity contribution in [2.75, 3.05) is 5.32 Å². The highest BCUT2D eigenvalue weighted by atomic mass is 19.4. The monoisotopic (exact) mass is 308 g/mol. The number of hydrogen-bond acceptors (Lipinski definition) is 3. The lowest BCUT2D eigenvalue weighted by Gasteiger charge is -2.12. The van der Waals surface area contributed by atoms with Crippen molar-refractivity contribution in [1.29, 1.82) is 5.41 Å². The lowest BCUT2D eigenvalue weighted by molar-refractivity contribution is -0.137. The van der Waals surface area contributed by atoms with Crippen LogP contribution in [0.5, 0.6) is 0 Å². The zero-order valence-electron chi connectivity index (χ0n) is 11.1. The Morgan fingerprint density at radius 3 is 2.50 bits per heavy atom. The van der Waals surface area contributed by atoms with Crippen LogP contribution in [-0.2, 0) is 6.18 Å². The summed E-state index contributed by atoms with van der Waals surface area (Å²) in [6.45, 7) is 0. The molecule has 0 bridgehead atoms. The summed E-state index contributed by atoms with van der Waals surface area (Å²) < 4.78 is 38.0. The average molecular weight is 308 g/mol. The maximum absolute atomic E-state index is 12.7. The minimum Gasteiger partial charge on any atom is -0.478 e. The molecule has 114 valence electrons. The summed E-state index contributed by atoms with van der Waals surface area (Å²) in [5.41, 5.74) is 0.00166. The van der Waals surface area contributed by atoms with E-state index in [0.29, 0.717) is 5.69 Å². The molecule has 0 heterocycles. The summed E-state index contributed by atoms with van der Waals surface area (Å²) in [5.74, 6) is -1.14. The minimum absolute atomic E-state index is 0.00640. The molecule has 0 aliphatic carbocycles. The van der Waals surface area contributed by atoms with Gasteiger partial charge >= 0.3 is 12.1 Å². The summed E-state index contributed by atoms with van der Waals surface area (Å²) in [6, 6.07) is 8.60. The predicted octanol–water partition coefficient (Wildman–Crippen LogP) is 4.14. The number of hydrogen-bond donors (Lipinski definition) is 3. The van der Waals surface area contributed by atoms with Crippen LogP contribution in [0.15, 0.2) is 42.5 Å². The molecule has 22 heavy (non-hydrogen) atoms. The fourth-order valence-electron chi connectivity index (χ4n) is 1.86. The molecule has 0 saturated heterocycles. The van der Waals surface area contributed by atoms with Crippen LogP contribution in [0.2, 0.25) is 0 Å². The molecular formula is C15H11F3N2O2. The summed E-state index contributed by atoms with van der Waals surface area (Å²) in [4.78, 5) is 10.9. The Kier molecular flexibility index (Phi) is 4.16. The first kappa shape index (κ1) is 15.6. The molecule has 2 aromatic rings. The Balaban J connectivity index is 2.35. The highest BCUT2D eigenvalue weighted by molar-refractivity contribution is 5.94. The van der Waals surface area contributed by atoms with Gasteiger partial charge in [0, 0.05) is 23.2 Å². The van der Waals surface area contributed by atoms with Crippen LogP contribution >= 0.6 is 0 Å². The summed E-state index contributed by atoms with van der Waals surface area (Å²) in [6.07, 6.45) is -3.52. The molecule has 2 rings (SSSR count). The molecule has 0 atom stereocenters. The van der Waals surface area contributed by atoms with Gasteiger partial charge in [-0.05, 0) is 36.4 Å². The number of halogens is 3. The second-order valence-electron chi connectivity index (χ2n) is 4.46. The third-order valence-corrected chi connectivity index (χ3v) is 2.92. The van der Waals surface area contributed by atoms with E-state index in [-0.39, 0.29) is 16.8 Å². The topological polar surface area (TPSA) is 73.2 Å². The highest BCUT2D eigenvalue weighted by Crippen LogP contribution is 2.31. The van der Waals surface area contributed by atoms with E-state index in [1.165, 1.54) is 30.3 Å². The van der Waals surface area contributed by atoms with Crippen molar-refractivity contribution in [1.82, 2.24) is 0 Å². The largest absolute Gasteiger partial charge is 0.478 e. The zero-order chi connectivity index (χ0) is 16.3. The van der Waals surface area contributed by atoms with Gasteiger partial charge in [-0.2, -0.15) is 13.2 Å². The van der Waals surface area contributed by atoms with Gasteiger partial charge in [0.1, 0.15) is 0 Å². The van der Waals surface area contributed by atoms with E-state index in [0.717, 1.165) is 18.3 Å². The van der Waals surface area contributed by atoms with E-state index >= 15 is 0 Å². The maximum atomic E-state index is 12.7. The number of carbonyl (C=O) groups is 1. The Labute approximate surface area is 123 Å². The quantitative estimate of drug-likeness (QED) is 0.743. The second kappa shape index (κ2) is 5.88. The molecule has 2 aromatic carbocycles. The lowest BCUT2D eigenvalue weighted by atomic mass is 10.1. The number of nitrogens with one attached hydrogen (secondary N) is 2. The van der Waals surface area contributed by atoms with E-state index in [2.05, 4.69) is 5.32 Å². The predicted molar refractivity (Wildman–Crippen MR) is 76.0 cm³/mol. The molecule has 3 N–H and O–H groups in total. The lowest BCUT2D eigenvalue weighted by Crippen LogP contribution is -2.06. The number of carboxylic acid groups (broad SMARTS) is 1. The maximum Gasteiger partial charge on any atom is 0.416 e. The molecule has 0 radical (unpaired) electrons. The van der Waals surface area contributed by atoms with E-state index in [9.17, 15) is 18.0 Å². The molecular weight excluding hydrogens is 297 g/mol. The highest BCUT2D eigenvalue weighted by Gasteiger charge is 2.30. The van der Waals surface area contributed by atoms with E-state index in [1.807, 2.05) is 0 Å². The number of carboxylic acids is 1. The molecule has 0 spiro atoms. The third kappa shape index (κ3) is 3.43. The normalized spacial score (nSPS) is 11.0. The van der Waals surface area contributed by atoms with E-state index < -0.39 is 17.7 Å². The summed E-state index contributed by atoms with van der Waals surface area (Å²) >= 11 is 0. The smallest absolute Gasteiger partial charge is 0.416 e. The van der Waals surface area contributed by atoms with Gasteiger partial charge in [-0.1, -0.05) is 6.07 Å². The van der Waals surface area contributed by atoms with Crippen LogP contribution in [0.4, 0.5) is 24.5 Å². The molecule has 0 saturated carbocycles. The molecule has 0 aliphatic rings. The number of alkyl halides is 3. The van der Waals surface area contributed by atoms with E-state index in [4.69, 9.17) is 10.5 Å². The van der Waals surface area contributed by atoms with Crippen molar-refractivity contribution < 1.29 is 23.1 Å². The van der Waals surface area contributed by atoms with Crippen LogP contribution in [-0.4, -0.2) is 17.3 Å².